The summed E-state index contributed by atoms with van der Waals surface area (Å²) in [6, 6.07) is 15.2. The Morgan fingerprint density at radius 1 is 0.963 bits per heavy atom. The van der Waals surface area contributed by atoms with Crippen LogP contribution in [0.4, 0.5) is 0 Å². The van der Waals surface area contributed by atoms with Crippen molar-refractivity contribution >= 4 is 5.91 Å². The fourth-order valence-electron chi connectivity index (χ4n) is 3.35. The molecule has 5 nitrogen and oxygen atoms in total. The van der Waals surface area contributed by atoms with Gasteiger partial charge in [-0.05, 0) is 75.5 Å². The Kier molecular flexibility index (Phi) is 6.35. The first-order valence-electron chi connectivity index (χ1n) is 9.44. The Morgan fingerprint density at radius 3 is 2.15 bits per heavy atom. The van der Waals surface area contributed by atoms with E-state index in [1.807, 2.05) is 53.4 Å². The minimum absolute atomic E-state index is 0.0970. The number of rotatable bonds is 5. The Bertz CT molecular complexity index is 741. The second-order valence-corrected chi connectivity index (χ2v) is 7.17. The summed E-state index contributed by atoms with van der Waals surface area (Å²) in [5.41, 5.74) is 0.705. The topological polar surface area (TPSA) is 42.0 Å². The lowest BCUT2D eigenvalue weighted by atomic mass is 10.1. The average molecular weight is 368 g/mol. The molecule has 144 valence electrons. The van der Waals surface area contributed by atoms with Gasteiger partial charge in [-0.3, -0.25) is 4.79 Å². The molecule has 1 saturated heterocycles. The van der Waals surface area contributed by atoms with Gasteiger partial charge in [0.15, 0.2) is 0 Å². The molecule has 0 aromatic heterocycles. The number of amides is 1. The van der Waals surface area contributed by atoms with Gasteiger partial charge in [0.1, 0.15) is 17.2 Å². The fourth-order valence-corrected chi connectivity index (χ4v) is 3.35. The molecule has 0 aliphatic carbocycles. The molecule has 1 heterocycles. The maximum Gasteiger partial charge on any atom is 0.253 e. The predicted molar refractivity (Wildman–Crippen MR) is 107 cm³/mol. The smallest absolute Gasteiger partial charge is 0.253 e. The zero-order chi connectivity index (χ0) is 19.2. The fraction of sp³-hybridized carbons (Fsp3) is 0.409. The number of hydrogen-bond donors (Lipinski definition) is 0. The lowest BCUT2D eigenvalue weighted by Crippen LogP contribution is -2.41. The number of benzene rings is 2. The third kappa shape index (κ3) is 5.01. The van der Waals surface area contributed by atoms with E-state index in [2.05, 4.69) is 19.0 Å². The van der Waals surface area contributed by atoms with Gasteiger partial charge in [-0.25, -0.2) is 0 Å². The van der Waals surface area contributed by atoms with Gasteiger partial charge >= 0.3 is 0 Å². The van der Waals surface area contributed by atoms with E-state index in [0.717, 1.165) is 37.4 Å². The van der Waals surface area contributed by atoms with Crippen LogP contribution in [0.2, 0.25) is 0 Å². The van der Waals surface area contributed by atoms with Crippen LogP contribution in [-0.4, -0.2) is 56.0 Å². The molecule has 1 fully saturated rings. The maximum atomic E-state index is 12.9. The third-order valence-electron chi connectivity index (χ3n) is 5.06. The van der Waals surface area contributed by atoms with Crippen LogP contribution in [0.5, 0.6) is 17.2 Å². The monoisotopic (exact) mass is 368 g/mol. The molecule has 2 aromatic rings. The van der Waals surface area contributed by atoms with E-state index in [1.165, 1.54) is 6.42 Å². The van der Waals surface area contributed by atoms with Crippen molar-refractivity contribution in [3.63, 3.8) is 0 Å². The van der Waals surface area contributed by atoms with Gasteiger partial charge in [0.05, 0.1) is 7.11 Å². The highest BCUT2D eigenvalue weighted by Gasteiger charge is 2.24. The first-order chi connectivity index (χ1) is 13.1. The second kappa shape index (κ2) is 8.91. The van der Waals surface area contributed by atoms with Crippen molar-refractivity contribution in [2.75, 3.05) is 34.3 Å². The quantitative estimate of drug-likeness (QED) is 0.799. The molecule has 27 heavy (non-hydrogen) atoms. The molecule has 1 aliphatic rings. The van der Waals surface area contributed by atoms with Gasteiger partial charge in [-0.1, -0.05) is 6.42 Å². The van der Waals surface area contributed by atoms with Crippen molar-refractivity contribution in [3.8, 4) is 17.2 Å². The number of nitrogens with zero attached hydrogens (tertiary/aromatic N) is 2. The van der Waals surface area contributed by atoms with Crippen LogP contribution < -0.4 is 9.47 Å². The largest absolute Gasteiger partial charge is 0.497 e. The molecule has 0 saturated carbocycles. The average Bonchev–Trinajstić information content (AvgIpc) is 2.95. The summed E-state index contributed by atoms with van der Waals surface area (Å²) >= 11 is 0. The van der Waals surface area contributed by atoms with Crippen molar-refractivity contribution in [2.45, 2.75) is 25.3 Å². The summed E-state index contributed by atoms with van der Waals surface area (Å²) in [6.07, 6.45) is 3.38. The van der Waals surface area contributed by atoms with Crippen molar-refractivity contribution in [1.82, 2.24) is 9.80 Å². The maximum absolute atomic E-state index is 12.9. The van der Waals surface area contributed by atoms with Crippen molar-refractivity contribution in [1.29, 1.82) is 0 Å². The molecule has 0 N–H and O–H groups in total. The molecule has 0 radical (unpaired) electrons. The Labute approximate surface area is 161 Å². The van der Waals surface area contributed by atoms with Crippen LogP contribution in [0.15, 0.2) is 48.5 Å². The van der Waals surface area contributed by atoms with Crippen LogP contribution in [0.25, 0.3) is 0 Å². The molecule has 1 aliphatic heterocycles. The zero-order valence-electron chi connectivity index (χ0n) is 16.4. The highest BCUT2D eigenvalue weighted by Crippen LogP contribution is 2.24. The number of likely N-dealkylation sites (N-methyl/N-ethyl adjacent to an activating group) is 1. The van der Waals surface area contributed by atoms with E-state index < -0.39 is 0 Å². The summed E-state index contributed by atoms with van der Waals surface area (Å²) in [5, 5.41) is 0. The molecular weight excluding hydrogens is 340 g/mol. The van der Waals surface area contributed by atoms with E-state index >= 15 is 0 Å². The lowest BCUT2D eigenvalue weighted by molar-refractivity contribution is 0.0725. The van der Waals surface area contributed by atoms with Crippen molar-refractivity contribution in [3.05, 3.63) is 54.1 Å². The highest BCUT2D eigenvalue weighted by molar-refractivity contribution is 5.94. The molecule has 5 heteroatoms. The third-order valence-corrected chi connectivity index (χ3v) is 5.06. The van der Waals surface area contributed by atoms with Gasteiger partial charge in [0.25, 0.3) is 5.91 Å². The van der Waals surface area contributed by atoms with Crippen LogP contribution >= 0.6 is 0 Å². The number of hydrogen-bond acceptors (Lipinski definition) is 4. The SMILES string of the molecule is COc1ccc(Oc2ccc(C(=O)N3CCCC[C@H](N(C)C)C3)cc2)cc1. The van der Waals surface area contributed by atoms with Gasteiger partial charge in [-0.15, -0.1) is 0 Å². The summed E-state index contributed by atoms with van der Waals surface area (Å²) < 4.78 is 11.0. The highest BCUT2D eigenvalue weighted by atomic mass is 16.5. The summed E-state index contributed by atoms with van der Waals surface area (Å²) in [5.74, 6) is 2.33. The summed E-state index contributed by atoms with van der Waals surface area (Å²) in [4.78, 5) is 17.1. The molecule has 3 rings (SSSR count). The normalized spacial score (nSPS) is 17.5. The first-order valence-corrected chi connectivity index (χ1v) is 9.44. The minimum Gasteiger partial charge on any atom is -0.497 e. The van der Waals surface area contributed by atoms with Gasteiger partial charge in [0, 0.05) is 24.7 Å². The van der Waals surface area contributed by atoms with Crippen LogP contribution in [-0.2, 0) is 0 Å². The molecule has 0 spiro atoms. The van der Waals surface area contributed by atoms with E-state index in [1.54, 1.807) is 7.11 Å². The van der Waals surface area contributed by atoms with E-state index in [9.17, 15) is 4.79 Å². The van der Waals surface area contributed by atoms with E-state index in [4.69, 9.17) is 9.47 Å². The number of carbonyl (C=O) groups is 1. The Morgan fingerprint density at radius 2 is 1.56 bits per heavy atom. The molecular formula is C22H28N2O3. The minimum atomic E-state index is 0.0970. The number of carbonyl (C=O) groups excluding carboxylic acids is 1. The number of methoxy groups -OCH3 is 1. The van der Waals surface area contributed by atoms with Crippen molar-refractivity contribution in [2.24, 2.45) is 0 Å². The molecule has 0 unspecified atom stereocenters. The van der Waals surface area contributed by atoms with Gasteiger partial charge in [0.2, 0.25) is 0 Å². The van der Waals surface area contributed by atoms with E-state index in [-0.39, 0.29) is 5.91 Å². The summed E-state index contributed by atoms with van der Waals surface area (Å²) in [6.45, 7) is 1.61. The number of likely N-dealkylation sites (tertiary alicyclic amines) is 1. The van der Waals surface area contributed by atoms with E-state index in [0.29, 0.717) is 17.4 Å². The van der Waals surface area contributed by atoms with Crippen LogP contribution in [0, 0.1) is 0 Å². The zero-order valence-corrected chi connectivity index (χ0v) is 16.4. The van der Waals surface area contributed by atoms with Crippen molar-refractivity contribution < 1.29 is 14.3 Å². The lowest BCUT2D eigenvalue weighted by Gasteiger charge is -2.28. The molecule has 2 aromatic carbocycles. The first kappa shape index (κ1) is 19.2. The predicted octanol–water partition coefficient (Wildman–Crippen LogP) is 4.04. The Hall–Kier alpha value is -2.53. The van der Waals surface area contributed by atoms with Gasteiger partial charge in [-0.2, -0.15) is 0 Å². The molecule has 0 bridgehead atoms. The second-order valence-electron chi connectivity index (χ2n) is 7.17. The van der Waals surface area contributed by atoms with Gasteiger partial charge < -0.3 is 19.3 Å². The molecule has 1 amide bonds. The van der Waals surface area contributed by atoms with Crippen LogP contribution in [0.1, 0.15) is 29.6 Å². The Balaban J connectivity index is 1.65. The standard InChI is InChI=1S/C22H28N2O3/c1-23(2)18-6-4-5-15-24(16-18)22(25)17-7-9-20(10-8-17)27-21-13-11-19(26-3)12-14-21/h7-14,18H,4-6,15-16H2,1-3H3/t18-/m0/s1. The number of ether oxygens (including phenoxy) is 2. The summed E-state index contributed by atoms with van der Waals surface area (Å²) in [7, 11) is 5.81. The van der Waals surface area contributed by atoms with Crippen LogP contribution in [0.3, 0.4) is 0 Å². The molecule has 1 atom stereocenters.